The van der Waals surface area contributed by atoms with Crippen molar-refractivity contribution in [3.8, 4) is 5.69 Å². The molecule has 1 amide bonds. The molecule has 4 aromatic rings. The Morgan fingerprint density at radius 3 is 2.14 bits per heavy atom. The van der Waals surface area contributed by atoms with Gasteiger partial charge in [0.1, 0.15) is 12.4 Å². The van der Waals surface area contributed by atoms with Crippen LogP contribution in [0.15, 0.2) is 90.2 Å². The Morgan fingerprint density at radius 1 is 0.865 bits per heavy atom. The molecule has 0 aliphatic carbocycles. The van der Waals surface area contributed by atoms with Crippen molar-refractivity contribution in [2.24, 2.45) is 0 Å². The lowest BCUT2D eigenvalue weighted by molar-refractivity contribution is -0.121. The van der Waals surface area contributed by atoms with E-state index in [-0.39, 0.29) is 23.7 Å². The number of anilines is 2. The minimum atomic E-state index is -0.386. The van der Waals surface area contributed by atoms with Gasteiger partial charge in [-0.05, 0) is 55.8 Å². The monoisotopic (exact) mass is 497 g/mol. The van der Waals surface area contributed by atoms with E-state index in [0.29, 0.717) is 0 Å². The maximum absolute atomic E-state index is 13.4. The van der Waals surface area contributed by atoms with Gasteiger partial charge in [-0.25, -0.2) is 14.0 Å². The van der Waals surface area contributed by atoms with Crippen LogP contribution in [-0.4, -0.2) is 56.3 Å². The first-order valence-electron chi connectivity index (χ1n) is 12.5. The normalized spacial score (nSPS) is 15.1. The van der Waals surface area contributed by atoms with E-state index in [9.17, 15) is 9.59 Å². The number of benzene rings is 2. The van der Waals surface area contributed by atoms with Crippen LogP contribution >= 0.6 is 0 Å². The number of amides is 1. The maximum Gasteiger partial charge on any atom is 0.350 e. The molecule has 3 heterocycles. The number of hydrogen-bond donors (Lipinski definition) is 1. The molecule has 1 fully saturated rings. The number of nitrogens with zero attached hydrogens (tertiary/aromatic N) is 6. The summed E-state index contributed by atoms with van der Waals surface area (Å²) in [5, 5.41) is 7.26. The lowest BCUT2D eigenvalue weighted by Crippen LogP contribution is -2.50. The fraction of sp³-hybridized carbons (Fsp3) is 0.286. The number of nitrogens with one attached hydrogen (secondary N) is 1. The average molecular weight is 498 g/mol. The van der Waals surface area contributed by atoms with E-state index in [0.717, 1.165) is 48.8 Å². The number of hydrogen-bond acceptors (Lipinski definition) is 6. The molecular formula is C28H31N7O2. The van der Waals surface area contributed by atoms with Crippen molar-refractivity contribution in [3.63, 3.8) is 0 Å². The van der Waals surface area contributed by atoms with Crippen molar-refractivity contribution >= 4 is 17.3 Å². The molecular weight excluding hydrogens is 466 g/mol. The molecule has 37 heavy (non-hydrogen) atoms. The molecule has 1 saturated heterocycles. The Kier molecular flexibility index (Phi) is 7.14. The highest BCUT2D eigenvalue weighted by Crippen LogP contribution is 2.26. The zero-order valence-corrected chi connectivity index (χ0v) is 21.1. The molecule has 1 N–H and O–H groups in total. The van der Waals surface area contributed by atoms with Crippen LogP contribution in [0, 0.1) is 0 Å². The first-order chi connectivity index (χ1) is 18.0. The zero-order chi connectivity index (χ0) is 25.8. The van der Waals surface area contributed by atoms with Crippen molar-refractivity contribution < 1.29 is 4.79 Å². The van der Waals surface area contributed by atoms with Gasteiger partial charge in [-0.15, -0.1) is 0 Å². The van der Waals surface area contributed by atoms with E-state index < -0.39 is 0 Å². The van der Waals surface area contributed by atoms with Crippen LogP contribution in [0.5, 0.6) is 0 Å². The number of carbonyl (C=O) groups is 1. The lowest BCUT2D eigenvalue weighted by atomic mass is 10.0. The van der Waals surface area contributed by atoms with Crippen LogP contribution in [-0.2, 0) is 4.79 Å². The van der Waals surface area contributed by atoms with E-state index in [4.69, 9.17) is 0 Å². The predicted molar refractivity (Wildman–Crippen MR) is 144 cm³/mol. The maximum atomic E-state index is 13.4. The van der Waals surface area contributed by atoms with Gasteiger partial charge < -0.3 is 10.2 Å². The van der Waals surface area contributed by atoms with E-state index >= 15 is 0 Å². The highest BCUT2D eigenvalue weighted by molar-refractivity contribution is 5.95. The molecule has 190 valence electrons. The summed E-state index contributed by atoms with van der Waals surface area (Å²) in [6.45, 7) is 6.93. The fourth-order valence-corrected chi connectivity index (χ4v) is 4.72. The third-order valence-corrected chi connectivity index (χ3v) is 6.67. The standard InChI is InChI=1S/C28H31N7O2/c1-21(2)35-28(37)34(20-30-35)25-10-8-24(9-11-25)32-16-18-33(19-17-32)26(22-6-4-3-5-7-22)27(36)31-23-12-14-29-15-13-23/h3-15,20-21,26H,16-19H2,1-2H3,(H,29,31,36). The SMILES string of the molecule is CC(C)n1ncn(-c2ccc(N3CCN(C(C(=O)Nc4ccncc4)c4ccccc4)CC3)cc2)c1=O. The summed E-state index contributed by atoms with van der Waals surface area (Å²) in [5.41, 5.74) is 3.44. The van der Waals surface area contributed by atoms with Crippen molar-refractivity contribution in [1.29, 1.82) is 0 Å². The summed E-state index contributed by atoms with van der Waals surface area (Å²) < 4.78 is 3.04. The summed E-state index contributed by atoms with van der Waals surface area (Å²) >= 11 is 0. The van der Waals surface area contributed by atoms with Gasteiger partial charge in [-0.3, -0.25) is 14.7 Å². The smallest absolute Gasteiger partial charge is 0.350 e. The van der Waals surface area contributed by atoms with Gasteiger partial charge in [0.15, 0.2) is 0 Å². The summed E-state index contributed by atoms with van der Waals surface area (Å²) in [7, 11) is 0. The summed E-state index contributed by atoms with van der Waals surface area (Å²) in [4.78, 5) is 34.6. The van der Waals surface area contributed by atoms with Crippen molar-refractivity contribution in [3.05, 3.63) is 101 Å². The Morgan fingerprint density at radius 2 is 1.51 bits per heavy atom. The molecule has 1 unspecified atom stereocenters. The Bertz CT molecular complexity index is 1370. The number of aromatic nitrogens is 4. The van der Waals surface area contributed by atoms with Gasteiger partial charge in [0.2, 0.25) is 5.91 Å². The van der Waals surface area contributed by atoms with E-state index in [1.807, 2.05) is 68.4 Å². The number of carbonyl (C=O) groups excluding carboxylic acids is 1. The molecule has 0 saturated carbocycles. The van der Waals surface area contributed by atoms with Gasteiger partial charge in [0.25, 0.3) is 0 Å². The van der Waals surface area contributed by atoms with E-state index in [1.165, 1.54) is 4.68 Å². The first-order valence-corrected chi connectivity index (χ1v) is 12.5. The predicted octanol–water partition coefficient (Wildman–Crippen LogP) is 3.51. The topological polar surface area (TPSA) is 88.3 Å². The van der Waals surface area contributed by atoms with Gasteiger partial charge >= 0.3 is 5.69 Å². The second kappa shape index (κ2) is 10.8. The van der Waals surface area contributed by atoms with Crippen molar-refractivity contribution in [2.45, 2.75) is 25.9 Å². The molecule has 1 atom stereocenters. The number of piperazine rings is 1. The molecule has 0 radical (unpaired) electrons. The van der Waals surface area contributed by atoms with Gasteiger partial charge in [-0.2, -0.15) is 5.10 Å². The highest BCUT2D eigenvalue weighted by Gasteiger charge is 2.30. The van der Waals surface area contributed by atoms with Crippen LogP contribution in [0.3, 0.4) is 0 Å². The molecule has 0 bridgehead atoms. The fourth-order valence-electron chi connectivity index (χ4n) is 4.72. The second-order valence-electron chi connectivity index (χ2n) is 9.40. The molecule has 9 heteroatoms. The lowest BCUT2D eigenvalue weighted by Gasteiger charge is -2.39. The first kappa shape index (κ1) is 24.5. The zero-order valence-electron chi connectivity index (χ0n) is 21.1. The third-order valence-electron chi connectivity index (χ3n) is 6.67. The largest absolute Gasteiger partial charge is 0.369 e. The van der Waals surface area contributed by atoms with Gasteiger partial charge in [0, 0.05) is 49.9 Å². The van der Waals surface area contributed by atoms with E-state index in [2.05, 4.69) is 25.2 Å². The van der Waals surface area contributed by atoms with Crippen LogP contribution in [0.1, 0.15) is 31.5 Å². The molecule has 1 aliphatic rings. The number of pyridine rings is 1. The minimum Gasteiger partial charge on any atom is -0.369 e. The molecule has 9 nitrogen and oxygen atoms in total. The van der Waals surface area contributed by atoms with Crippen LogP contribution in [0.2, 0.25) is 0 Å². The molecule has 1 aliphatic heterocycles. The Labute approximate surface area is 216 Å². The molecule has 2 aromatic carbocycles. The molecule has 0 spiro atoms. The summed E-state index contributed by atoms with van der Waals surface area (Å²) in [6.07, 6.45) is 4.91. The second-order valence-corrected chi connectivity index (χ2v) is 9.40. The quantitative estimate of drug-likeness (QED) is 0.420. The third kappa shape index (κ3) is 5.31. The average Bonchev–Trinajstić information content (AvgIpc) is 3.32. The number of rotatable bonds is 7. The van der Waals surface area contributed by atoms with Crippen molar-refractivity contribution in [2.75, 3.05) is 36.4 Å². The van der Waals surface area contributed by atoms with Crippen LogP contribution < -0.4 is 15.9 Å². The van der Waals surface area contributed by atoms with E-state index in [1.54, 1.807) is 35.4 Å². The minimum absolute atomic E-state index is 0.0100. The highest BCUT2D eigenvalue weighted by atomic mass is 16.2. The van der Waals surface area contributed by atoms with Crippen LogP contribution in [0.25, 0.3) is 5.69 Å². The molecule has 5 rings (SSSR count). The van der Waals surface area contributed by atoms with Gasteiger partial charge in [0.05, 0.1) is 11.7 Å². The van der Waals surface area contributed by atoms with Gasteiger partial charge in [-0.1, -0.05) is 30.3 Å². The summed E-state index contributed by atoms with van der Waals surface area (Å²) in [6, 6.07) is 21.1. The van der Waals surface area contributed by atoms with Crippen molar-refractivity contribution in [1.82, 2.24) is 24.2 Å². The Hall–Kier alpha value is -4.24. The Balaban J connectivity index is 1.28. The summed E-state index contributed by atoms with van der Waals surface area (Å²) in [5.74, 6) is -0.0532. The molecule has 2 aromatic heterocycles. The van der Waals surface area contributed by atoms with Crippen LogP contribution in [0.4, 0.5) is 11.4 Å².